The molecule has 3 heterocycles. The standard InChI is InChI=1S/C25H28N4O4S2/c1-3-35(32,33)20-8-4-17(5-9-20)12-22(30)26-25-27-24-16(2)28(15-21(24)34-25)14-18-10-11-29(19-6-7-19)23(31)13-18/h4-5,8-11,13,16,19H,3,6-7,12,14-15H2,1-2H3,(H,26,27,30)/t16-/m0/s1. The Morgan fingerprint density at radius 1 is 1.17 bits per heavy atom. The molecule has 2 aliphatic rings. The summed E-state index contributed by atoms with van der Waals surface area (Å²) < 4.78 is 25.7. The number of rotatable bonds is 8. The number of anilines is 1. The van der Waals surface area contributed by atoms with Crippen LogP contribution in [0.5, 0.6) is 0 Å². The fraction of sp³-hybridized carbons (Fsp3) is 0.400. The molecule has 1 amide bonds. The van der Waals surface area contributed by atoms with Crippen molar-refractivity contribution in [3.05, 3.63) is 74.6 Å². The van der Waals surface area contributed by atoms with Crippen molar-refractivity contribution in [1.29, 1.82) is 0 Å². The van der Waals surface area contributed by atoms with Crippen LogP contribution in [-0.4, -0.2) is 34.5 Å². The van der Waals surface area contributed by atoms with Crippen LogP contribution in [0.3, 0.4) is 0 Å². The molecule has 5 rings (SSSR count). The molecule has 1 aliphatic carbocycles. The average Bonchev–Trinajstić information content (AvgIpc) is 3.53. The number of hydrogen-bond acceptors (Lipinski definition) is 7. The van der Waals surface area contributed by atoms with Crippen molar-refractivity contribution in [2.75, 3.05) is 11.1 Å². The molecule has 0 spiro atoms. The van der Waals surface area contributed by atoms with Crippen molar-refractivity contribution in [1.82, 2.24) is 14.5 Å². The number of benzene rings is 1. The first-order chi connectivity index (χ1) is 16.7. The summed E-state index contributed by atoms with van der Waals surface area (Å²) in [5, 5.41) is 3.45. The third kappa shape index (κ3) is 5.10. The summed E-state index contributed by atoms with van der Waals surface area (Å²) in [5.41, 5.74) is 2.77. The van der Waals surface area contributed by atoms with Crippen LogP contribution in [0.25, 0.3) is 0 Å². The highest BCUT2D eigenvalue weighted by atomic mass is 32.2. The Bertz CT molecular complexity index is 1420. The van der Waals surface area contributed by atoms with E-state index in [1.807, 2.05) is 16.8 Å². The molecule has 1 fully saturated rings. The molecule has 184 valence electrons. The van der Waals surface area contributed by atoms with Crippen molar-refractivity contribution < 1.29 is 13.2 Å². The van der Waals surface area contributed by atoms with Crippen molar-refractivity contribution in [3.63, 3.8) is 0 Å². The van der Waals surface area contributed by atoms with E-state index in [1.54, 1.807) is 37.3 Å². The van der Waals surface area contributed by atoms with Crippen LogP contribution in [0.15, 0.2) is 52.3 Å². The molecule has 1 aromatic carbocycles. The lowest BCUT2D eigenvalue weighted by molar-refractivity contribution is -0.115. The minimum Gasteiger partial charge on any atom is -0.312 e. The predicted molar refractivity (Wildman–Crippen MR) is 135 cm³/mol. The molecule has 2 aromatic heterocycles. The quantitative estimate of drug-likeness (QED) is 0.494. The number of sulfone groups is 1. The summed E-state index contributed by atoms with van der Waals surface area (Å²) in [6, 6.07) is 10.7. The molecule has 3 aromatic rings. The van der Waals surface area contributed by atoms with E-state index in [9.17, 15) is 18.0 Å². The second-order valence-electron chi connectivity index (χ2n) is 9.19. The Balaban J connectivity index is 1.19. The van der Waals surface area contributed by atoms with Gasteiger partial charge in [-0.25, -0.2) is 13.4 Å². The van der Waals surface area contributed by atoms with Gasteiger partial charge in [-0.3, -0.25) is 14.5 Å². The Hall–Kier alpha value is -2.82. The Morgan fingerprint density at radius 2 is 1.91 bits per heavy atom. The lowest BCUT2D eigenvalue weighted by Crippen LogP contribution is -2.23. The molecule has 0 radical (unpaired) electrons. The van der Waals surface area contributed by atoms with Crippen LogP contribution < -0.4 is 10.9 Å². The van der Waals surface area contributed by atoms with Gasteiger partial charge in [0.2, 0.25) is 5.91 Å². The molecule has 1 aliphatic heterocycles. The first-order valence-electron chi connectivity index (χ1n) is 11.8. The minimum atomic E-state index is -3.25. The van der Waals surface area contributed by atoms with E-state index in [1.165, 1.54) is 11.3 Å². The third-order valence-corrected chi connectivity index (χ3v) is 9.35. The van der Waals surface area contributed by atoms with Gasteiger partial charge in [-0.15, -0.1) is 11.3 Å². The summed E-state index contributed by atoms with van der Waals surface area (Å²) in [4.78, 5) is 33.2. The highest BCUT2D eigenvalue weighted by Crippen LogP contribution is 2.39. The topological polar surface area (TPSA) is 101 Å². The number of thiazole rings is 1. The highest BCUT2D eigenvalue weighted by molar-refractivity contribution is 7.91. The molecular weight excluding hydrogens is 484 g/mol. The number of carbonyl (C=O) groups excluding carboxylic acids is 1. The van der Waals surface area contributed by atoms with Crippen molar-refractivity contribution in [2.45, 2.75) is 63.2 Å². The summed E-state index contributed by atoms with van der Waals surface area (Å²) >= 11 is 1.48. The average molecular weight is 513 g/mol. The fourth-order valence-corrected chi connectivity index (χ4v) is 6.37. The smallest absolute Gasteiger partial charge is 0.251 e. The van der Waals surface area contributed by atoms with E-state index in [-0.39, 0.29) is 34.6 Å². The third-order valence-electron chi connectivity index (χ3n) is 6.63. The Morgan fingerprint density at radius 3 is 2.54 bits per heavy atom. The largest absolute Gasteiger partial charge is 0.312 e. The van der Waals surface area contributed by atoms with Crippen molar-refractivity contribution in [2.24, 2.45) is 0 Å². The number of hydrogen-bond donors (Lipinski definition) is 1. The van der Waals surface area contributed by atoms with Crippen LogP contribution in [0.1, 0.15) is 60.5 Å². The molecule has 0 saturated heterocycles. The number of pyridine rings is 1. The van der Waals surface area contributed by atoms with Gasteiger partial charge in [0.1, 0.15) is 0 Å². The molecule has 0 unspecified atom stereocenters. The summed E-state index contributed by atoms with van der Waals surface area (Å²) in [6.45, 7) is 5.10. The van der Waals surface area contributed by atoms with Gasteiger partial charge in [0.15, 0.2) is 15.0 Å². The van der Waals surface area contributed by atoms with Gasteiger partial charge in [-0.05, 0) is 49.1 Å². The van der Waals surface area contributed by atoms with E-state index in [0.29, 0.717) is 17.7 Å². The van der Waals surface area contributed by atoms with E-state index in [0.717, 1.165) is 41.1 Å². The SMILES string of the molecule is CCS(=O)(=O)c1ccc(CC(=O)Nc2nc3c(s2)CN(Cc2ccn(C4CC4)c(=O)c2)[C@H]3C)cc1. The lowest BCUT2D eigenvalue weighted by Gasteiger charge is -2.21. The number of carbonyl (C=O) groups is 1. The number of aromatic nitrogens is 2. The van der Waals surface area contributed by atoms with Crippen LogP contribution in [-0.2, 0) is 34.1 Å². The highest BCUT2D eigenvalue weighted by Gasteiger charge is 2.31. The van der Waals surface area contributed by atoms with Gasteiger partial charge in [-0.2, -0.15) is 0 Å². The van der Waals surface area contributed by atoms with Crippen molar-refractivity contribution >= 4 is 32.2 Å². The van der Waals surface area contributed by atoms with Gasteiger partial charge in [-0.1, -0.05) is 19.1 Å². The maximum absolute atomic E-state index is 12.5. The van der Waals surface area contributed by atoms with Crippen LogP contribution >= 0.6 is 11.3 Å². The molecule has 1 saturated carbocycles. The first-order valence-corrected chi connectivity index (χ1v) is 14.3. The van der Waals surface area contributed by atoms with Gasteiger partial charge >= 0.3 is 0 Å². The first kappa shape index (κ1) is 23.9. The van der Waals surface area contributed by atoms with E-state index in [4.69, 9.17) is 0 Å². The Kier molecular flexibility index (Phi) is 6.37. The van der Waals surface area contributed by atoms with Gasteiger partial charge < -0.3 is 9.88 Å². The monoisotopic (exact) mass is 512 g/mol. The number of nitrogens with zero attached hydrogens (tertiary/aromatic N) is 3. The van der Waals surface area contributed by atoms with Gasteiger partial charge in [0.25, 0.3) is 5.56 Å². The Labute approximate surface area is 208 Å². The van der Waals surface area contributed by atoms with Crippen molar-refractivity contribution in [3.8, 4) is 0 Å². The molecule has 1 atom stereocenters. The van der Waals surface area contributed by atoms with Gasteiger partial charge in [0.05, 0.1) is 28.8 Å². The maximum atomic E-state index is 12.5. The predicted octanol–water partition coefficient (Wildman–Crippen LogP) is 3.69. The molecule has 1 N–H and O–H groups in total. The normalized spacial score (nSPS) is 17.9. The molecule has 35 heavy (non-hydrogen) atoms. The molecule has 10 heteroatoms. The van der Waals surface area contributed by atoms with Crippen LogP contribution in [0, 0.1) is 0 Å². The maximum Gasteiger partial charge on any atom is 0.251 e. The fourth-order valence-electron chi connectivity index (χ4n) is 4.39. The van der Waals surface area contributed by atoms with Crippen LogP contribution in [0.2, 0.25) is 0 Å². The summed E-state index contributed by atoms with van der Waals surface area (Å²) in [7, 11) is -3.25. The van der Waals surface area contributed by atoms with E-state index < -0.39 is 9.84 Å². The zero-order valence-electron chi connectivity index (χ0n) is 19.7. The number of fused-ring (bicyclic) bond motifs is 1. The second-order valence-corrected chi connectivity index (χ2v) is 12.6. The van der Waals surface area contributed by atoms with Gasteiger partial charge in [0, 0.05) is 36.3 Å². The lowest BCUT2D eigenvalue weighted by atomic mass is 10.1. The summed E-state index contributed by atoms with van der Waals surface area (Å²) in [6.07, 6.45) is 4.23. The van der Waals surface area contributed by atoms with E-state index >= 15 is 0 Å². The molecule has 8 nitrogen and oxygen atoms in total. The zero-order valence-corrected chi connectivity index (χ0v) is 21.4. The number of nitrogens with one attached hydrogen (secondary N) is 1. The van der Waals surface area contributed by atoms with E-state index in [2.05, 4.69) is 22.1 Å². The zero-order chi connectivity index (χ0) is 24.7. The molecule has 0 bridgehead atoms. The second kappa shape index (κ2) is 9.33. The minimum absolute atomic E-state index is 0.0445. The number of amides is 1. The molecular formula is C25H28N4O4S2. The van der Waals surface area contributed by atoms with Crippen LogP contribution in [0.4, 0.5) is 5.13 Å². The summed E-state index contributed by atoms with van der Waals surface area (Å²) in [5.74, 6) is -0.146.